The summed E-state index contributed by atoms with van der Waals surface area (Å²) in [7, 11) is 0. The Bertz CT molecular complexity index is 390. The zero-order valence-corrected chi connectivity index (χ0v) is 10.3. The van der Waals surface area contributed by atoms with Crippen LogP contribution in [-0.2, 0) is 6.42 Å². The second kappa shape index (κ2) is 5.37. The highest BCUT2D eigenvalue weighted by atomic mass is 32.2. The minimum Gasteiger partial charge on any atom is -0.260 e. The first kappa shape index (κ1) is 11.5. The van der Waals surface area contributed by atoms with Crippen LogP contribution >= 0.6 is 11.8 Å². The van der Waals surface area contributed by atoms with Crippen molar-refractivity contribution in [2.75, 3.05) is 17.3 Å². The number of rotatable bonds is 3. The summed E-state index contributed by atoms with van der Waals surface area (Å²) in [5.41, 5.74) is 2.38. The fraction of sp³-hybridized carbons (Fsp3) is 0.417. The fourth-order valence-electron chi connectivity index (χ4n) is 1.80. The van der Waals surface area contributed by atoms with E-state index in [2.05, 4.69) is 30.1 Å². The molecule has 86 valence electrons. The average molecular weight is 235 g/mol. The van der Waals surface area contributed by atoms with Gasteiger partial charge in [-0.1, -0.05) is 43.3 Å². The van der Waals surface area contributed by atoms with Crippen LogP contribution < -0.4 is 10.9 Å². The Balaban J connectivity index is 2.24. The first-order chi connectivity index (χ1) is 7.83. The zero-order valence-electron chi connectivity index (χ0n) is 9.52. The van der Waals surface area contributed by atoms with Gasteiger partial charge in [0.25, 0.3) is 0 Å². The number of amidine groups is 1. The number of para-hydroxylation sites is 1. The molecule has 0 spiro atoms. The molecule has 1 aromatic carbocycles. The summed E-state index contributed by atoms with van der Waals surface area (Å²) in [6, 6.07) is 8.28. The molecule has 2 N–H and O–H groups in total. The smallest absolute Gasteiger partial charge is 0.178 e. The zero-order chi connectivity index (χ0) is 11.4. The molecule has 0 fully saturated rings. The highest BCUT2D eigenvalue weighted by Gasteiger charge is 2.16. The summed E-state index contributed by atoms with van der Waals surface area (Å²) in [5, 5.41) is 2.66. The molecule has 1 heterocycles. The van der Waals surface area contributed by atoms with Gasteiger partial charge in [0.1, 0.15) is 0 Å². The number of nitrogens with zero attached hydrogens (tertiary/aromatic N) is 2. The van der Waals surface area contributed by atoms with Crippen LogP contribution in [0.2, 0.25) is 0 Å². The monoisotopic (exact) mass is 235 g/mol. The highest BCUT2D eigenvalue weighted by Crippen LogP contribution is 2.24. The average Bonchev–Trinajstić information content (AvgIpc) is 2.83. The lowest BCUT2D eigenvalue weighted by atomic mass is 10.1. The van der Waals surface area contributed by atoms with E-state index in [-0.39, 0.29) is 0 Å². The SMILES string of the molecule is CCCc1ccccc1N(N)C1=NCCS1. The van der Waals surface area contributed by atoms with Crippen LogP contribution in [0.15, 0.2) is 29.3 Å². The summed E-state index contributed by atoms with van der Waals surface area (Å²) in [6.07, 6.45) is 2.19. The molecule has 1 aliphatic rings. The van der Waals surface area contributed by atoms with Gasteiger partial charge in [0, 0.05) is 5.75 Å². The number of benzene rings is 1. The lowest BCUT2D eigenvalue weighted by molar-refractivity contribution is 0.914. The van der Waals surface area contributed by atoms with Crippen molar-refractivity contribution >= 4 is 22.6 Å². The van der Waals surface area contributed by atoms with Crippen LogP contribution in [0.25, 0.3) is 0 Å². The summed E-state index contributed by atoms with van der Waals surface area (Å²) in [6.45, 7) is 3.06. The van der Waals surface area contributed by atoms with Crippen molar-refractivity contribution in [3.63, 3.8) is 0 Å². The Morgan fingerprint density at radius 3 is 2.94 bits per heavy atom. The lowest BCUT2D eigenvalue weighted by Crippen LogP contribution is -2.35. The largest absolute Gasteiger partial charge is 0.260 e. The molecule has 0 radical (unpaired) electrons. The first-order valence-electron chi connectivity index (χ1n) is 5.63. The van der Waals surface area contributed by atoms with E-state index in [0.717, 1.165) is 36.0 Å². The quantitative estimate of drug-likeness (QED) is 0.646. The summed E-state index contributed by atoms with van der Waals surface area (Å²) >= 11 is 1.72. The molecule has 1 aliphatic heterocycles. The molecule has 0 amide bonds. The van der Waals surface area contributed by atoms with Gasteiger partial charge in [0.05, 0.1) is 12.2 Å². The topological polar surface area (TPSA) is 41.6 Å². The number of aliphatic imine (C=N–C) groups is 1. The van der Waals surface area contributed by atoms with E-state index in [9.17, 15) is 0 Å². The molecular weight excluding hydrogens is 218 g/mol. The van der Waals surface area contributed by atoms with Crippen molar-refractivity contribution in [2.24, 2.45) is 10.8 Å². The van der Waals surface area contributed by atoms with Crippen LogP contribution in [0, 0.1) is 0 Å². The molecule has 3 nitrogen and oxygen atoms in total. The normalized spacial score (nSPS) is 15.0. The molecule has 16 heavy (non-hydrogen) atoms. The number of anilines is 1. The van der Waals surface area contributed by atoms with E-state index in [1.165, 1.54) is 5.56 Å². The van der Waals surface area contributed by atoms with Gasteiger partial charge in [0.15, 0.2) is 5.17 Å². The molecule has 0 atom stereocenters. The second-order valence-electron chi connectivity index (χ2n) is 3.76. The van der Waals surface area contributed by atoms with Crippen LogP contribution in [0.1, 0.15) is 18.9 Å². The standard InChI is InChI=1S/C12H17N3S/c1-2-5-10-6-3-4-7-11(10)15(13)12-14-8-9-16-12/h3-4,6-7H,2,5,8-9,13H2,1H3. The van der Waals surface area contributed by atoms with Crippen LogP contribution in [0.3, 0.4) is 0 Å². The minimum atomic E-state index is 0.879. The van der Waals surface area contributed by atoms with E-state index < -0.39 is 0 Å². The molecule has 0 unspecified atom stereocenters. The third-order valence-corrected chi connectivity index (χ3v) is 3.52. The van der Waals surface area contributed by atoms with Crippen LogP contribution in [-0.4, -0.2) is 17.5 Å². The second-order valence-corrected chi connectivity index (χ2v) is 4.82. The first-order valence-corrected chi connectivity index (χ1v) is 6.61. The van der Waals surface area contributed by atoms with Gasteiger partial charge in [-0.05, 0) is 18.1 Å². The maximum absolute atomic E-state index is 6.11. The number of nitrogens with two attached hydrogens (primary N) is 1. The van der Waals surface area contributed by atoms with Gasteiger partial charge >= 0.3 is 0 Å². The van der Waals surface area contributed by atoms with Crippen LogP contribution in [0.5, 0.6) is 0 Å². The number of hydrogen-bond acceptors (Lipinski definition) is 4. The van der Waals surface area contributed by atoms with Gasteiger partial charge in [-0.15, -0.1) is 0 Å². The van der Waals surface area contributed by atoms with Gasteiger partial charge in [-0.2, -0.15) is 0 Å². The van der Waals surface area contributed by atoms with Crippen molar-refractivity contribution in [1.29, 1.82) is 0 Å². The molecule has 2 rings (SSSR count). The van der Waals surface area contributed by atoms with Crippen molar-refractivity contribution < 1.29 is 0 Å². The predicted octanol–water partition coefficient (Wildman–Crippen LogP) is 2.42. The van der Waals surface area contributed by atoms with Crippen LogP contribution in [0.4, 0.5) is 5.69 Å². The summed E-state index contributed by atoms with van der Waals surface area (Å²) < 4.78 is 0. The molecular formula is C12H17N3S. The number of thioether (sulfide) groups is 1. The Kier molecular flexibility index (Phi) is 3.85. The van der Waals surface area contributed by atoms with Crippen molar-refractivity contribution in [2.45, 2.75) is 19.8 Å². The van der Waals surface area contributed by atoms with Crippen molar-refractivity contribution in [3.8, 4) is 0 Å². The van der Waals surface area contributed by atoms with E-state index in [0.29, 0.717) is 0 Å². The molecule has 0 saturated heterocycles. The molecule has 0 bridgehead atoms. The Morgan fingerprint density at radius 1 is 1.44 bits per heavy atom. The number of hydrogen-bond donors (Lipinski definition) is 1. The summed E-state index contributed by atoms with van der Waals surface area (Å²) in [4.78, 5) is 4.39. The fourth-order valence-corrected chi connectivity index (χ4v) is 2.58. The third-order valence-electron chi connectivity index (χ3n) is 2.55. The third kappa shape index (κ3) is 2.39. The van der Waals surface area contributed by atoms with Gasteiger partial charge in [0.2, 0.25) is 0 Å². The summed E-state index contributed by atoms with van der Waals surface area (Å²) in [5.74, 6) is 7.15. The number of hydrazine groups is 1. The van der Waals surface area contributed by atoms with E-state index in [1.54, 1.807) is 16.8 Å². The maximum Gasteiger partial charge on any atom is 0.178 e. The van der Waals surface area contributed by atoms with Gasteiger partial charge in [-0.3, -0.25) is 10.0 Å². The molecule has 0 saturated carbocycles. The highest BCUT2D eigenvalue weighted by molar-refractivity contribution is 8.14. The maximum atomic E-state index is 6.11. The lowest BCUT2D eigenvalue weighted by Gasteiger charge is -2.20. The van der Waals surface area contributed by atoms with Gasteiger partial charge in [-0.25, -0.2) is 5.84 Å². The van der Waals surface area contributed by atoms with E-state index >= 15 is 0 Å². The Morgan fingerprint density at radius 2 is 2.25 bits per heavy atom. The van der Waals surface area contributed by atoms with Crippen molar-refractivity contribution in [3.05, 3.63) is 29.8 Å². The van der Waals surface area contributed by atoms with Crippen molar-refractivity contribution in [1.82, 2.24) is 0 Å². The Hall–Kier alpha value is -1.000. The van der Waals surface area contributed by atoms with E-state index in [1.807, 2.05) is 6.07 Å². The van der Waals surface area contributed by atoms with E-state index in [4.69, 9.17) is 5.84 Å². The predicted molar refractivity (Wildman–Crippen MR) is 71.9 cm³/mol. The Labute approximate surface area is 101 Å². The molecule has 0 aliphatic carbocycles. The van der Waals surface area contributed by atoms with Gasteiger partial charge < -0.3 is 0 Å². The molecule has 0 aromatic heterocycles. The minimum absolute atomic E-state index is 0.879. The molecule has 4 heteroatoms. The number of aryl methyl sites for hydroxylation is 1. The molecule has 1 aromatic rings.